The van der Waals surface area contributed by atoms with Crippen molar-refractivity contribution in [2.45, 2.75) is 13.1 Å². The molecule has 0 spiro atoms. The number of carboxylic acid groups (broad SMARTS) is 1. The molecule has 6 aromatic rings. The van der Waals surface area contributed by atoms with E-state index in [4.69, 9.17) is 11.6 Å². The van der Waals surface area contributed by atoms with Crippen molar-refractivity contribution in [1.29, 1.82) is 0 Å². The summed E-state index contributed by atoms with van der Waals surface area (Å²) in [6.45, 7) is 0.0780. The molecule has 2 aromatic carbocycles. The third-order valence-corrected chi connectivity index (χ3v) is 8.86. The van der Waals surface area contributed by atoms with E-state index < -0.39 is 17.4 Å². The highest BCUT2D eigenvalue weighted by atomic mass is 35.5. The Morgan fingerprint density at radius 3 is 2.44 bits per heavy atom. The second-order valence-electron chi connectivity index (χ2n) is 9.72. The van der Waals surface area contributed by atoms with Gasteiger partial charge in [0.15, 0.2) is 5.01 Å². The number of pyridine rings is 1. The van der Waals surface area contributed by atoms with Gasteiger partial charge in [-0.15, -0.1) is 22.7 Å². The molecule has 0 aliphatic rings. The smallest absolute Gasteiger partial charge is 0.335 e. The van der Waals surface area contributed by atoms with E-state index in [2.05, 4.69) is 15.4 Å². The maximum absolute atomic E-state index is 13.8. The van der Waals surface area contributed by atoms with Crippen LogP contribution in [0.3, 0.4) is 0 Å². The van der Waals surface area contributed by atoms with E-state index in [1.165, 1.54) is 63.8 Å². The minimum Gasteiger partial charge on any atom is -0.478 e. The number of halogens is 1. The lowest BCUT2D eigenvalue weighted by atomic mass is 10.0. The zero-order valence-electron chi connectivity index (χ0n) is 23.2. The summed E-state index contributed by atoms with van der Waals surface area (Å²) in [5.41, 5.74) is 1.63. The third-order valence-electron chi connectivity index (χ3n) is 6.81. The second kappa shape index (κ2) is 12.8. The maximum Gasteiger partial charge on any atom is 0.335 e. The van der Waals surface area contributed by atoms with Gasteiger partial charge >= 0.3 is 5.97 Å². The number of thiazole rings is 1. The molecule has 224 valence electrons. The zero-order chi connectivity index (χ0) is 31.5. The number of carbonyl (C=O) groups is 3. The van der Waals surface area contributed by atoms with Crippen LogP contribution in [0.25, 0.3) is 22.5 Å². The highest BCUT2D eigenvalue weighted by Gasteiger charge is 2.23. The number of hydrogen-bond acceptors (Lipinski definition) is 9. The first-order chi connectivity index (χ1) is 21.8. The molecule has 10 nitrogen and oxygen atoms in total. The first-order valence-corrected chi connectivity index (χ1v) is 15.5. The minimum atomic E-state index is -1.17. The first kappa shape index (κ1) is 29.9. The van der Waals surface area contributed by atoms with Gasteiger partial charge in [-0.25, -0.2) is 9.78 Å². The number of carbonyl (C=O) groups excluding carboxylic acids is 2. The summed E-state index contributed by atoms with van der Waals surface area (Å²) in [6, 6.07) is 23.1. The summed E-state index contributed by atoms with van der Waals surface area (Å²) in [7, 11) is 0. The van der Waals surface area contributed by atoms with Crippen molar-refractivity contribution in [2.24, 2.45) is 0 Å². The molecule has 0 amide bonds. The van der Waals surface area contributed by atoms with E-state index in [-0.39, 0.29) is 28.5 Å². The molecule has 0 saturated carbocycles. The van der Waals surface area contributed by atoms with Crippen LogP contribution in [0.15, 0.2) is 101 Å². The molecule has 2 N–H and O–H groups in total. The maximum atomic E-state index is 13.8. The average molecular weight is 656 g/mol. The Kier molecular flexibility index (Phi) is 8.52. The van der Waals surface area contributed by atoms with E-state index in [0.29, 0.717) is 39.2 Å². The Hall–Kier alpha value is -5.17. The van der Waals surface area contributed by atoms with E-state index in [0.717, 1.165) is 9.56 Å². The number of aromatic nitrogens is 4. The fraction of sp³-hybridized carbons (Fsp3) is 0.0625. The van der Waals surface area contributed by atoms with Crippen LogP contribution in [0, 0.1) is 0 Å². The lowest BCUT2D eigenvalue weighted by molar-refractivity contribution is 0.0696. The summed E-state index contributed by atoms with van der Waals surface area (Å²) in [6.07, 6.45) is 1.53. The summed E-state index contributed by atoms with van der Waals surface area (Å²) < 4.78 is 3.16. The van der Waals surface area contributed by atoms with Gasteiger partial charge in [-0.05, 0) is 42.0 Å². The number of rotatable bonds is 10. The number of ketones is 1. The SMILES string of the molecule is O=C(O)c1cccc(C(=O)n2nc(-c3ccc(=O)n(CC(=O)c4nccs4)c3-c3ccccc3)cc2NCc2ccc(Cl)s2)c1. The number of carboxylic acids is 1. The fourth-order valence-electron chi connectivity index (χ4n) is 4.75. The molecule has 0 aliphatic heterocycles. The molecular formula is C32H22ClN5O5S2. The van der Waals surface area contributed by atoms with Gasteiger partial charge in [0, 0.05) is 39.7 Å². The fourth-order valence-corrected chi connectivity index (χ4v) is 6.34. The van der Waals surface area contributed by atoms with Crippen molar-refractivity contribution in [2.75, 3.05) is 5.32 Å². The Bertz CT molecular complexity index is 2100. The van der Waals surface area contributed by atoms with Gasteiger partial charge in [0.25, 0.3) is 11.5 Å². The Morgan fingerprint density at radius 2 is 1.73 bits per heavy atom. The van der Waals surface area contributed by atoms with Gasteiger partial charge < -0.3 is 10.4 Å². The summed E-state index contributed by atoms with van der Waals surface area (Å²) >= 11 is 8.69. The number of thiophene rings is 1. The van der Waals surface area contributed by atoms with Gasteiger partial charge in [0.05, 0.1) is 34.4 Å². The van der Waals surface area contributed by atoms with Crippen LogP contribution in [0.4, 0.5) is 5.82 Å². The summed E-state index contributed by atoms with van der Waals surface area (Å²) in [4.78, 5) is 56.8. The van der Waals surface area contributed by atoms with E-state index in [1.54, 1.807) is 23.6 Å². The quantitative estimate of drug-likeness (QED) is 0.161. The van der Waals surface area contributed by atoms with E-state index in [1.807, 2.05) is 36.4 Å². The Labute approximate surface area is 268 Å². The topological polar surface area (TPSA) is 136 Å². The molecule has 0 bridgehead atoms. The highest BCUT2D eigenvalue weighted by molar-refractivity contribution is 7.16. The minimum absolute atomic E-state index is 0.0423. The van der Waals surface area contributed by atoms with Crippen molar-refractivity contribution in [1.82, 2.24) is 19.3 Å². The van der Waals surface area contributed by atoms with E-state index in [9.17, 15) is 24.3 Å². The van der Waals surface area contributed by atoms with Crippen LogP contribution >= 0.6 is 34.3 Å². The molecule has 0 saturated heterocycles. The van der Waals surface area contributed by atoms with Crippen LogP contribution in [0.2, 0.25) is 4.34 Å². The average Bonchev–Trinajstić information content (AvgIpc) is 3.83. The number of aromatic carboxylic acids is 1. The third kappa shape index (κ3) is 6.38. The lowest BCUT2D eigenvalue weighted by Gasteiger charge is -2.16. The van der Waals surface area contributed by atoms with Crippen LogP contribution in [-0.4, -0.2) is 42.1 Å². The standard InChI is InChI=1S/C32H22ClN5O5S2/c33-26-11-9-22(45-26)17-35-27-16-24(36-38(27)31(41)20-7-4-8-21(15-20)32(42)43)23-10-12-28(40)37(18-25(39)30-34-13-14-44-30)29(23)19-5-2-1-3-6-19/h1-16,35H,17-18H2,(H,42,43). The molecule has 0 atom stereocenters. The highest BCUT2D eigenvalue weighted by Crippen LogP contribution is 2.33. The predicted octanol–water partition coefficient (Wildman–Crippen LogP) is 6.43. The van der Waals surface area contributed by atoms with Gasteiger partial charge in [0.2, 0.25) is 5.78 Å². The van der Waals surface area contributed by atoms with Crippen LogP contribution in [0.1, 0.15) is 35.4 Å². The van der Waals surface area contributed by atoms with Crippen molar-refractivity contribution < 1.29 is 19.5 Å². The van der Waals surface area contributed by atoms with Gasteiger partial charge in [-0.3, -0.25) is 19.0 Å². The van der Waals surface area contributed by atoms with Crippen LogP contribution < -0.4 is 10.9 Å². The number of nitrogens with one attached hydrogen (secondary N) is 1. The van der Waals surface area contributed by atoms with Gasteiger partial charge in [-0.2, -0.15) is 9.78 Å². The molecule has 0 fully saturated rings. The van der Waals surface area contributed by atoms with Crippen molar-refractivity contribution >= 4 is 57.8 Å². The Morgan fingerprint density at radius 1 is 0.933 bits per heavy atom. The molecule has 0 aliphatic carbocycles. The molecule has 13 heteroatoms. The molecule has 0 radical (unpaired) electrons. The van der Waals surface area contributed by atoms with E-state index >= 15 is 0 Å². The monoisotopic (exact) mass is 655 g/mol. The lowest BCUT2D eigenvalue weighted by Crippen LogP contribution is -2.25. The zero-order valence-corrected chi connectivity index (χ0v) is 25.6. The number of nitrogens with zero attached hydrogens (tertiary/aromatic N) is 4. The van der Waals surface area contributed by atoms with Gasteiger partial charge in [-0.1, -0.05) is 48.0 Å². The number of Topliss-reactive ketones (excluding diaryl/α,β-unsaturated/α-hetero) is 1. The molecular weight excluding hydrogens is 634 g/mol. The van der Waals surface area contributed by atoms with Crippen LogP contribution in [-0.2, 0) is 13.1 Å². The van der Waals surface area contributed by atoms with Crippen molar-refractivity contribution in [3.63, 3.8) is 0 Å². The largest absolute Gasteiger partial charge is 0.478 e. The molecule has 0 unspecified atom stereocenters. The number of benzene rings is 2. The van der Waals surface area contributed by atoms with Crippen LogP contribution in [0.5, 0.6) is 0 Å². The normalized spacial score (nSPS) is 11.0. The summed E-state index contributed by atoms with van der Waals surface area (Å²) in [5, 5.41) is 19.4. The molecule has 4 heterocycles. The molecule has 6 rings (SSSR count). The second-order valence-corrected chi connectivity index (χ2v) is 12.4. The number of anilines is 1. The van der Waals surface area contributed by atoms with Gasteiger partial charge in [0.1, 0.15) is 5.82 Å². The van der Waals surface area contributed by atoms with Crippen molar-refractivity contribution in [3.8, 4) is 22.5 Å². The first-order valence-electron chi connectivity index (χ1n) is 13.5. The molecule has 45 heavy (non-hydrogen) atoms. The number of hydrogen-bond donors (Lipinski definition) is 2. The Balaban J connectivity index is 1.49. The molecule has 4 aromatic heterocycles. The predicted molar refractivity (Wildman–Crippen MR) is 174 cm³/mol. The summed E-state index contributed by atoms with van der Waals surface area (Å²) in [5.74, 6) is -1.72. The van der Waals surface area contributed by atoms with Crippen molar-refractivity contribution in [3.05, 3.63) is 132 Å².